The highest BCUT2D eigenvalue weighted by Crippen LogP contribution is 2.18. The van der Waals surface area contributed by atoms with Gasteiger partial charge in [0, 0.05) is 17.8 Å². The summed E-state index contributed by atoms with van der Waals surface area (Å²) in [6.45, 7) is 2.41. The second-order valence-corrected chi connectivity index (χ2v) is 8.19. The van der Waals surface area contributed by atoms with Gasteiger partial charge in [-0.05, 0) is 42.0 Å². The number of hydrogen-bond acceptors (Lipinski definition) is 9. The lowest BCUT2D eigenvalue weighted by Gasteiger charge is -2.27. The maximum atomic E-state index is 13.3. The molecule has 1 N–H and O–H groups in total. The van der Waals surface area contributed by atoms with Crippen LogP contribution in [0.2, 0.25) is 5.02 Å². The number of aryl methyl sites for hydroxylation is 1. The number of ether oxygens (including phenoxy) is 3. The number of nitrogens with one attached hydrogen (secondary N) is 1. The first-order chi connectivity index (χ1) is 16.8. The maximum Gasteiger partial charge on any atom is 0.337 e. The van der Waals surface area contributed by atoms with Gasteiger partial charge in [-0.25, -0.2) is 14.2 Å². The van der Waals surface area contributed by atoms with Crippen LogP contribution in [0.5, 0.6) is 0 Å². The van der Waals surface area contributed by atoms with Crippen molar-refractivity contribution in [2.75, 3.05) is 20.3 Å². The number of rotatable bonds is 7. The van der Waals surface area contributed by atoms with Crippen molar-refractivity contribution in [1.29, 1.82) is 0 Å². The minimum absolute atomic E-state index is 0.0182. The summed E-state index contributed by atoms with van der Waals surface area (Å²) in [4.78, 5) is 29.8. The molecule has 11 nitrogen and oxygen atoms in total. The van der Waals surface area contributed by atoms with Crippen LogP contribution in [0.15, 0.2) is 30.3 Å². The van der Waals surface area contributed by atoms with Gasteiger partial charge in [-0.2, -0.15) is 4.80 Å². The molecular weight excluding hydrogens is 483 g/mol. The Bertz CT molecular complexity index is 1230. The topological polar surface area (TPSA) is 130 Å². The van der Waals surface area contributed by atoms with E-state index >= 15 is 0 Å². The number of aromatic nitrogens is 5. The highest BCUT2D eigenvalue weighted by atomic mass is 35.5. The summed E-state index contributed by atoms with van der Waals surface area (Å²) in [5.74, 6) is -1.13. The number of carbonyl (C=O) groups is 2. The Hall–Kier alpha value is -3.48. The summed E-state index contributed by atoms with van der Waals surface area (Å²) in [5, 5.41) is 15.2. The highest BCUT2D eigenvalue weighted by Gasteiger charge is 2.29. The quantitative estimate of drug-likeness (QED) is 0.478. The van der Waals surface area contributed by atoms with Gasteiger partial charge in [0.2, 0.25) is 5.82 Å². The molecule has 2 aromatic heterocycles. The second-order valence-electron chi connectivity index (χ2n) is 7.78. The van der Waals surface area contributed by atoms with E-state index < -0.39 is 23.8 Å². The molecule has 0 saturated carbocycles. The molecule has 4 rings (SSSR count). The number of halogens is 2. The van der Waals surface area contributed by atoms with Crippen LogP contribution in [0.4, 0.5) is 4.39 Å². The molecule has 1 amide bonds. The van der Waals surface area contributed by atoms with Crippen molar-refractivity contribution >= 4 is 23.5 Å². The molecule has 0 aliphatic carbocycles. The third-order valence-corrected chi connectivity index (χ3v) is 5.42. The lowest BCUT2D eigenvalue weighted by atomic mass is 10.1. The molecule has 1 saturated heterocycles. The maximum absolute atomic E-state index is 13.3. The first-order valence-electron chi connectivity index (χ1n) is 10.6. The van der Waals surface area contributed by atoms with Gasteiger partial charge in [0.05, 0.1) is 31.9 Å². The normalized spacial score (nSPS) is 17.7. The largest absolute Gasteiger partial charge is 0.467 e. The molecule has 1 aliphatic rings. The van der Waals surface area contributed by atoms with Gasteiger partial charge in [-0.15, -0.1) is 10.2 Å². The zero-order valence-electron chi connectivity index (χ0n) is 18.9. The Morgan fingerprint density at radius 1 is 1.26 bits per heavy atom. The van der Waals surface area contributed by atoms with E-state index in [-0.39, 0.29) is 43.1 Å². The monoisotopic (exact) mass is 504 g/mol. The number of esters is 1. The van der Waals surface area contributed by atoms with Gasteiger partial charge in [-0.1, -0.05) is 17.7 Å². The van der Waals surface area contributed by atoms with E-state index in [4.69, 9.17) is 21.1 Å². The van der Waals surface area contributed by atoms with Crippen LogP contribution in [0.25, 0.3) is 11.4 Å². The number of amides is 1. The predicted octanol–water partition coefficient (Wildman–Crippen LogP) is 1.72. The Morgan fingerprint density at radius 2 is 2.09 bits per heavy atom. The van der Waals surface area contributed by atoms with Crippen molar-refractivity contribution in [2.24, 2.45) is 0 Å². The lowest BCUT2D eigenvalue weighted by molar-refractivity contribution is -0.180. The van der Waals surface area contributed by atoms with Crippen molar-refractivity contribution in [2.45, 2.75) is 32.2 Å². The van der Waals surface area contributed by atoms with E-state index in [2.05, 4.69) is 30.4 Å². The summed E-state index contributed by atoms with van der Waals surface area (Å²) < 4.78 is 29.1. The van der Waals surface area contributed by atoms with Crippen molar-refractivity contribution in [3.05, 3.63) is 58.1 Å². The van der Waals surface area contributed by atoms with Crippen LogP contribution in [0.1, 0.15) is 21.7 Å². The molecule has 0 radical (unpaired) electrons. The van der Waals surface area contributed by atoms with Crippen molar-refractivity contribution in [3.63, 3.8) is 0 Å². The molecule has 3 heterocycles. The summed E-state index contributed by atoms with van der Waals surface area (Å²) in [6.07, 6.45) is -1.11. The van der Waals surface area contributed by atoms with Crippen LogP contribution < -0.4 is 5.32 Å². The van der Waals surface area contributed by atoms with Crippen LogP contribution in [-0.4, -0.2) is 69.6 Å². The molecule has 0 unspecified atom stereocenters. The van der Waals surface area contributed by atoms with E-state index in [1.807, 2.05) is 0 Å². The van der Waals surface area contributed by atoms with E-state index in [0.29, 0.717) is 22.6 Å². The summed E-state index contributed by atoms with van der Waals surface area (Å²) >= 11 is 5.79. The molecule has 184 valence electrons. The number of tetrazole rings is 1. The molecule has 2 atom stereocenters. The number of hydrogen-bond donors (Lipinski definition) is 1. The van der Waals surface area contributed by atoms with Crippen molar-refractivity contribution in [1.82, 2.24) is 30.5 Å². The van der Waals surface area contributed by atoms with Crippen LogP contribution in [-0.2, 0) is 32.1 Å². The molecule has 1 aliphatic heterocycles. The molecule has 0 bridgehead atoms. The lowest BCUT2D eigenvalue weighted by Crippen LogP contribution is -2.42. The standard InChI is InChI=1S/C22H22ClFN6O5/c1-12-5-14(7-18(26-12)21(31)25-8-13-3-4-17(24)16(23)6-13)20-27-29-30(28-20)9-15-10-35-19(11-34-15)22(32)33-2/h3-7,15,19H,8-11H2,1-2H3,(H,25,31)/t15-,19-/m0/s1. The van der Waals surface area contributed by atoms with E-state index in [9.17, 15) is 14.0 Å². The molecule has 1 fully saturated rings. The number of methoxy groups -OCH3 is 1. The number of benzene rings is 1. The fraction of sp³-hybridized carbons (Fsp3) is 0.364. The SMILES string of the molecule is COC(=O)[C@@H]1CO[C@@H](Cn2nnc(-c3cc(C)nc(C(=O)NCc4ccc(F)c(Cl)c4)c3)n2)CO1. The van der Waals surface area contributed by atoms with E-state index in [0.717, 1.165) is 0 Å². The first kappa shape index (κ1) is 24.6. The third kappa shape index (κ3) is 6.15. The minimum Gasteiger partial charge on any atom is -0.467 e. The van der Waals surface area contributed by atoms with Gasteiger partial charge in [0.15, 0.2) is 6.10 Å². The zero-order valence-corrected chi connectivity index (χ0v) is 19.7. The zero-order chi connectivity index (χ0) is 24.9. The van der Waals surface area contributed by atoms with Gasteiger partial charge < -0.3 is 19.5 Å². The molecule has 0 spiro atoms. The minimum atomic E-state index is -0.750. The highest BCUT2D eigenvalue weighted by molar-refractivity contribution is 6.30. The molecule has 3 aromatic rings. The summed E-state index contributed by atoms with van der Waals surface area (Å²) in [6, 6.07) is 7.52. The number of pyridine rings is 1. The average Bonchev–Trinajstić information content (AvgIpc) is 3.32. The molecule has 13 heteroatoms. The fourth-order valence-corrected chi connectivity index (χ4v) is 3.57. The van der Waals surface area contributed by atoms with Gasteiger partial charge >= 0.3 is 5.97 Å². The summed E-state index contributed by atoms with van der Waals surface area (Å²) in [7, 11) is 1.29. The fourth-order valence-electron chi connectivity index (χ4n) is 3.37. The Morgan fingerprint density at radius 3 is 2.80 bits per heavy atom. The molecule has 35 heavy (non-hydrogen) atoms. The van der Waals surface area contributed by atoms with Gasteiger partial charge in [-0.3, -0.25) is 4.79 Å². The van der Waals surface area contributed by atoms with Crippen LogP contribution in [0, 0.1) is 12.7 Å². The average molecular weight is 505 g/mol. The first-order valence-corrected chi connectivity index (χ1v) is 11.0. The second kappa shape index (κ2) is 10.8. The number of carbonyl (C=O) groups excluding carboxylic acids is 2. The van der Waals surface area contributed by atoms with E-state index in [1.54, 1.807) is 19.1 Å². The third-order valence-electron chi connectivity index (χ3n) is 5.13. The van der Waals surface area contributed by atoms with Gasteiger partial charge in [0.25, 0.3) is 5.91 Å². The van der Waals surface area contributed by atoms with E-state index in [1.165, 1.54) is 30.1 Å². The Labute approximate surface area is 204 Å². The molecular formula is C22H22ClFN6O5. The van der Waals surface area contributed by atoms with Crippen molar-refractivity contribution in [3.8, 4) is 11.4 Å². The number of nitrogens with zero attached hydrogens (tertiary/aromatic N) is 5. The van der Waals surface area contributed by atoms with Crippen LogP contribution in [0.3, 0.4) is 0 Å². The summed E-state index contributed by atoms with van der Waals surface area (Å²) in [5.41, 5.74) is 1.97. The molecule has 1 aromatic carbocycles. The Kier molecular flexibility index (Phi) is 7.63. The van der Waals surface area contributed by atoms with Crippen molar-refractivity contribution < 1.29 is 28.2 Å². The Balaban J connectivity index is 1.39. The predicted molar refractivity (Wildman–Crippen MR) is 120 cm³/mol. The smallest absolute Gasteiger partial charge is 0.337 e. The van der Waals surface area contributed by atoms with Gasteiger partial charge in [0.1, 0.15) is 17.6 Å². The van der Waals surface area contributed by atoms with Crippen LogP contribution >= 0.6 is 11.6 Å².